The van der Waals surface area contributed by atoms with Crippen LogP contribution in [0.15, 0.2) is 170 Å². The molecule has 0 amide bonds. The summed E-state index contributed by atoms with van der Waals surface area (Å²) in [5.41, 5.74) is 6.81. The highest BCUT2D eigenvalue weighted by molar-refractivity contribution is 8.05. The maximum Gasteiger partial charge on any atom is 0.102 e. The van der Waals surface area contributed by atoms with Crippen molar-refractivity contribution >= 4 is 58.8 Å². The van der Waals surface area contributed by atoms with Gasteiger partial charge in [0, 0.05) is 49.0 Å². The maximum atomic E-state index is 11.1. The Bertz CT molecular complexity index is 1940. The number of benzene rings is 6. The molecule has 6 heteroatoms. The van der Waals surface area contributed by atoms with Gasteiger partial charge in [-0.3, -0.25) is 0 Å². The minimum atomic E-state index is 0.712. The summed E-state index contributed by atoms with van der Waals surface area (Å²) in [4.78, 5) is 11.0. The third-order valence-electron chi connectivity index (χ3n) is 7.60. The normalized spacial score (nSPS) is 11.0. The monoisotopic (exact) mass is 713 g/mol. The van der Waals surface area contributed by atoms with E-state index in [-0.39, 0.29) is 0 Å². The summed E-state index contributed by atoms with van der Waals surface area (Å²) in [6.07, 6.45) is 0. The minimum absolute atomic E-state index is 0.712. The van der Waals surface area contributed by atoms with Gasteiger partial charge in [0.15, 0.2) is 0 Å². The zero-order valence-electron chi connectivity index (χ0n) is 27.5. The Morgan fingerprint density at radius 3 is 0.708 bits per heavy atom. The summed E-state index contributed by atoms with van der Waals surface area (Å²) in [6, 6.07) is 46.1. The first-order chi connectivity index (χ1) is 23.2. The molecule has 1 nitrogen and oxygen atoms in total. The first-order valence-corrected chi connectivity index (χ1v) is 19.7. The summed E-state index contributed by atoms with van der Waals surface area (Å²) >= 11 is 8.67. The van der Waals surface area contributed by atoms with Crippen molar-refractivity contribution in [1.82, 2.24) is 0 Å². The molecule has 0 spiro atoms. The minimum Gasteiger partial charge on any atom is -0.192 e. The van der Waals surface area contributed by atoms with Gasteiger partial charge in [0.25, 0.3) is 0 Å². The molecule has 48 heavy (non-hydrogen) atoms. The zero-order valence-corrected chi connectivity index (χ0v) is 31.6. The van der Waals surface area contributed by atoms with Crippen LogP contribution in [0.4, 0.5) is 0 Å². The highest BCUT2D eigenvalue weighted by atomic mass is 32.2. The number of hydrogen-bond donors (Lipinski definition) is 0. The number of hydrogen-bond acceptors (Lipinski definition) is 6. The highest BCUT2D eigenvalue weighted by Crippen LogP contribution is 2.56. The number of nitriles is 1. The predicted molar refractivity (Wildman–Crippen MR) is 208 cm³/mol. The molecule has 6 rings (SSSR count). The molecule has 0 aliphatic carbocycles. The largest absolute Gasteiger partial charge is 0.192 e. The van der Waals surface area contributed by atoms with E-state index >= 15 is 0 Å². The zero-order chi connectivity index (χ0) is 33.6. The summed E-state index contributed by atoms with van der Waals surface area (Å²) in [5, 5.41) is 11.1. The van der Waals surface area contributed by atoms with Gasteiger partial charge in [0.05, 0.1) is 5.56 Å². The van der Waals surface area contributed by atoms with E-state index in [0.717, 1.165) is 39.2 Å². The van der Waals surface area contributed by atoms with Crippen LogP contribution in [0.1, 0.15) is 33.4 Å². The van der Waals surface area contributed by atoms with Crippen molar-refractivity contribution in [2.45, 2.75) is 83.6 Å². The van der Waals surface area contributed by atoms with E-state index in [1.54, 1.807) is 58.8 Å². The molecule has 0 aliphatic rings. The Balaban J connectivity index is 1.66. The van der Waals surface area contributed by atoms with Gasteiger partial charge in [-0.15, -0.1) is 0 Å². The smallest absolute Gasteiger partial charge is 0.102 e. The molecule has 0 aromatic heterocycles. The second-order valence-electron chi connectivity index (χ2n) is 11.7. The molecule has 0 unspecified atom stereocenters. The van der Waals surface area contributed by atoms with Gasteiger partial charge >= 0.3 is 0 Å². The summed E-state index contributed by atoms with van der Waals surface area (Å²) in [5.74, 6) is 0. The average molecular weight is 714 g/mol. The molecule has 6 aromatic carbocycles. The van der Waals surface area contributed by atoms with Gasteiger partial charge in [-0.25, -0.2) is 0 Å². The molecule has 0 atom stereocenters. The fraction of sp³-hybridized carbons (Fsp3) is 0.119. The van der Waals surface area contributed by atoms with Crippen molar-refractivity contribution in [1.29, 1.82) is 5.26 Å². The van der Waals surface area contributed by atoms with Crippen LogP contribution < -0.4 is 0 Å². The van der Waals surface area contributed by atoms with Crippen LogP contribution in [0.25, 0.3) is 0 Å². The van der Waals surface area contributed by atoms with Crippen LogP contribution in [-0.4, -0.2) is 0 Å². The van der Waals surface area contributed by atoms with Crippen LogP contribution >= 0.6 is 58.8 Å². The van der Waals surface area contributed by atoms with Crippen molar-refractivity contribution in [3.8, 4) is 6.07 Å². The van der Waals surface area contributed by atoms with Crippen molar-refractivity contribution in [3.05, 3.63) is 155 Å². The van der Waals surface area contributed by atoms with E-state index in [2.05, 4.69) is 162 Å². The van der Waals surface area contributed by atoms with Gasteiger partial charge in [0.2, 0.25) is 0 Å². The fourth-order valence-electron chi connectivity index (χ4n) is 4.83. The van der Waals surface area contributed by atoms with E-state index in [9.17, 15) is 5.26 Å². The number of aryl methyl sites for hydroxylation is 5. The van der Waals surface area contributed by atoms with E-state index in [0.29, 0.717) is 5.56 Å². The van der Waals surface area contributed by atoms with Gasteiger partial charge in [-0.1, -0.05) is 147 Å². The van der Waals surface area contributed by atoms with Crippen molar-refractivity contribution in [3.63, 3.8) is 0 Å². The van der Waals surface area contributed by atoms with Crippen molar-refractivity contribution < 1.29 is 0 Å². The predicted octanol–water partition coefficient (Wildman–Crippen LogP) is 13.9. The van der Waals surface area contributed by atoms with Gasteiger partial charge in [0.1, 0.15) is 6.07 Å². The Hall–Kier alpha value is -3.44. The Morgan fingerprint density at radius 2 is 0.500 bits per heavy atom. The van der Waals surface area contributed by atoms with Gasteiger partial charge in [-0.2, -0.15) is 5.26 Å². The Kier molecular flexibility index (Phi) is 11.4. The van der Waals surface area contributed by atoms with Crippen molar-refractivity contribution in [2.24, 2.45) is 0 Å². The molecule has 0 saturated carbocycles. The lowest BCUT2D eigenvalue weighted by Gasteiger charge is -2.23. The second-order valence-corrected chi connectivity index (χ2v) is 17.1. The third kappa shape index (κ3) is 8.58. The van der Waals surface area contributed by atoms with Crippen molar-refractivity contribution in [2.75, 3.05) is 0 Å². The van der Waals surface area contributed by atoms with E-state index in [1.165, 1.54) is 37.6 Å². The summed E-state index contributed by atoms with van der Waals surface area (Å²) < 4.78 is 0. The molecule has 0 N–H and O–H groups in total. The highest BCUT2D eigenvalue weighted by Gasteiger charge is 2.28. The summed E-state index contributed by atoms with van der Waals surface area (Å²) in [7, 11) is 0. The Morgan fingerprint density at radius 1 is 0.312 bits per heavy atom. The molecule has 238 valence electrons. The maximum absolute atomic E-state index is 11.1. The van der Waals surface area contributed by atoms with Crippen LogP contribution in [-0.2, 0) is 0 Å². The average Bonchev–Trinajstić information content (AvgIpc) is 3.09. The van der Waals surface area contributed by atoms with E-state index < -0.39 is 0 Å². The molecule has 6 aromatic rings. The number of nitrogens with zero attached hydrogens (tertiary/aromatic N) is 1. The van der Waals surface area contributed by atoms with Gasteiger partial charge in [-0.05, 0) is 95.3 Å². The Labute approximate surface area is 306 Å². The van der Waals surface area contributed by atoms with Crippen LogP contribution in [0, 0.1) is 45.9 Å². The quantitative estimate of drug-likeness (QED) is 0.140. The number of rotatable bonds is 10. The molecule has 0 fully saturated rings. The van der Waals surface area contributed by atoms with E-state index in [4.69, 9.17) is 0 Å². The molecule has 0 heterocycles. The topological polar surface area (TPSA) is 23.8 Å². The third-order valence-corrected chi connectivity index (χ3v) is 13.7. The standard InChI is InChI=1S/C42H35NS5/c1-27-6-16-32(17-7-27)44-38-37(26-43)39(45-33-18-8-28(2)9-19-33)41(47-35-22-12-30(4)13-23-35)42(48-36-24-14-31(5)15-25-36)40(38)46-34-20-10-29(3)11-21-34/h6-25H,1-5H3. The van der Waals surface area contributed by atoms with Crippen LogP contribution in [0.2, 0.25) is 0 Å². The molecule has 0 radical (unpaired) electrons. The first-order valence-electron chi connectivity index (χ1n) is 15.6. The summed E-state index contributed by atoms with van der Waals surface area (Å²) in [6.45, 7) is 10.6. The first kappa shape index (κ1) is 34.4. The SMILES string of the molecule is Cc1ccc(Sc2c(C#N)c(Sc3ccc(C)cc3)c(Sc3ccc(C)cc3)c(Sc3ccc(C)cc3)c2Sc2ccc(C)cc2)cc1. The molecule has 0 aliphatic heterocycles. The molecule has 0 saturated heterocycles. The lowest BCUT2D eigenvalue weighted by Crippen LogP contribution is -1.98. The van der Waals surface area contributed by atoms with Crippen LogP contribution in [0.3, 0.4) is 0 Å². The lowest BCUT2D eigenvalue weighted by atomic mass is 10.2. The second kappa shape index (κ2) is 15.8. The van der Waals surface area contributed by atoms with Crippen LogP contribution in [0.5, 0.6) is 0 Å². The lowest BCUT2D eigenvalue weighted by molar-refractivity contribution is 0.940. The molecule has 0 bridgehead atoms. The molecular weight excluding hydrogens is 679 g/mol. The van der Waals surface area contributed by atoms with E-state index in [1.807, 2.05) is 0 Å². The fourth-order valence-corrected chi connectivity index (χ4v) is 10.7. The van der Waals surface area contributed by atoms with Gasteiger partial charge < -0.3 is 0 Å². The molecular formula is C42H35NS5.